The minimum absolute atomic E-state index is 0. The zero-order valence-corrected chi connectivity index (χ0v) is 81.1. The lowest BCUT2D eigenvalue weighted by atomic mass is 9.54. The quantitative estimate of drug-likeness (QED) is 0.0964. The minimum Gasteiger partial charge on any atom is -0.269 e. The van der Waals surface area contributed by atoms with Crippen molar-refractivity contribution in [1.29, 1.82) is 0 Å². The molecule has 150 heavy (non-hydrogen) atoms. The highest BCUT2D eigenvalue weighted by atomic mass is 32.3. The molecule has 0 aromatic carbocycles. The van der Waals surface area contributed by atoms with E-state index in [-0.39, 0.29) is 61.6 Å². The second kappa shape index (κ2) is 39.3. The van der Waals surface area contributed by atoms with E-state index in [1.54, 1.807) is 6.08 Å². The van der Waals surface area contributed by atoms with Crippen LogP contribution in [0.5, 0.6) is 0 Å². The number of halogens is 43. The van der Waals surface area contributed by atoms with Crippen molar-refractivity contribution in [2.24, 2.45) is 40.9 Å². The van der Waals surface area contributed by atoms with Crippen LogP contribution in [0, 0.1) is 72.3 Å². The summed E-state index contributed by atoms with van der Waals surface area (Å²) in [5, 5.41) is -7.04. The van der Waals surface area contributed by atoms with Crippen LogP contribution in [-0.4, -0.2) is 180 Å². The van der Waals surface area contributed by atoms with Gasteiger partial charge in [0.05, 0.1) is 68.7 Å². The van der Waals surface area contributed by atoms with Gasteiger partial charge in [-0.1, -0.05) is 0 Å². The van der Waals surface area contributed by atoms with Gasteiger partial charge >= 0.3 is 46.5 Å². The van der Waals surface area contributed by atoms with Crippen LogP contribution in [0.4, 0.5) is 189 Å². The topological polar surface area (TPSA) is 341 Å². The minimum atomic E-state index is -7.76. The molecule has 12 fully saturated rings. The van der Waals surface area contributed by atoms with E-state index in [9.17, 15) is 255 Å². The molecular weight excluding hydrogens is 2380 g/mol. The van der Waals surface area contributed by atoms with Crippen LogP contribution in [0.3, 0.4) is 0 Å². The molecule has 0 radical (unpaired) electrons. The van der Waals surface area contributed by atoms with Gasteiger partial charge in [0, 0.05) is 25.5 Å². The highest BCUT2D eigenvalue weighted by molar-refractivity contribution is 8.17. The molecule has 17 aliphatic rings. The monoisotopic (exact) mass is 2440 g/mol. The smallest absolute Gasteiger partial charge is 0.269 e. The molecule has 12 saturated carbocycles. The van der Waals surface area contributed by atoms with Crippen LogP contribution < -0.4 is 0 Å². The summed E-state index contributed by atoms with van der Waals surface area (Å²) < 4.78 is 803. The maximum absolute atomic E-state index is 15.5. The summed E-state index contributed by atoms with van der Waals surface area (Å²) in [5.41, 5.74) is -43.2. The predicted molar refractivity (Wildman–Crippen MR) is 431 cm³/mol. The molecule has 0 aliphatic heterocycles. The van der Waals surface area contributed by atoms with Crippen LogP contribution in [0.15, 0.2) is 168 Å². The first-order chi connectivity index (χ1) is 66.6. The van der Waals surface area contributed by atoms with Gasteiger partial charge in [-0.2, -0.15) is 101 Å². The summed E-state index contributed by atoms with van der Waals surface area (Å²) in [5.74, 6) is -46.0. The molecule has 73 heteroatoms. The number of rotatable bonds is 17. The summed E-state index contributed by atoms with van der Waals surface area (Å²) in [4.78, 5) is 0. The Morgan fingerprint density at radius 1 is 0.320 bits per heavy atom. The molecule has 17 rings (SSSR count). The van der Waals surface area contributed by atoms with Gasteiger partial charge in [0.25, 0.3) is 34.9 Å². The lowest BCUT2D eigenvalue weighted by Gasteiger charge is -2.58. The van der Waals surface area contributed by atoms with Gasteiger partial charge in [0.1, 0.15) is 77.9 Å². The Morgan fingerprint density at radius 2 is 0.560 bits per heavy atom. The van der Waals surface area contributed by atoms with Crippen molar-refractivity contribution < 1.29 is 273 Å². The molecule has 17 aliphatic carbocycles. The molecule has 0 saturated heterocycles. The Kier molecular flexibility index (Phi) is 32.9. The van der Waals surface area contributed by atoms with E-state index in [1.807, 2.05) is 0 Å². The molecule has 12 bridgehead atoms. The van der Waals surface area contributed by atoms with E-state index in [0.717, 1.165) is 24.5 Å². The fraction of sp³-hybridized carbons (Fsp3) is 0.545. The van der Waals surface area contributed by atoms with Crippen LogP contribution in [0.25, 0.3) is 0 Å². The highest BCUT2D eigenvalue weighted by Crippen LogP contribution is 2.70. The molecule has 0 amide bonds. The second-order valence-corrected chi connectivity index (χ2v) is 57.9. The molecule has 0 aromatic rings. The van der Waals surface area contributed by atoms with Gasteiger partial charge in [0.2, 0.25) is 9.84 Å². The molecule has 854 valence electrons. The predicted octanol–water partition coefficient (Wildman–Crippen LogP) is 22.5. The molecule has 0 spiro atoms. The summed E-state index contributed by atoms with van der Waals surface area (Å²) in [7, 11) is -63.2. The normalized spacial score (nSPS) is 30.2. The standard InChI is InChI=1S/C22H16F15O4S2.C19H14F11O4S2.C18H14F9O4S2.C9H5F6O4S2.C9H10FO4S2.FH/c23-11-10(12(24)14(26)15(27)13(11)25)16(42(38,39)7-19(20(29,30)31,21(32,33)34)22(35,36)37)43(40,41)18-4-8-1-9(5-18)3-17(28,2-8)6-18;20-10-9(11(21)13(23)14(24)12(10)22)15(36(33,34)19(29,30)18(26,27)28)35(31,32)17-4-7-1-8(5-17)3-16(25,2-7)6-17;19-10-9(11(20)13(22)14(23)12(10)21)15(33(30,31)18(25,26)27)32(28,29)17-4-7-1-8(5-17)3-16(24,2-7)6-17;10-8(11,12)20(16,17)7(6-4-2-1-3-5-6)21(18,19)9(13,14)15;1-15(11,12)9(16(13,14)7-10)8-5-3-2-4-6-8;/h8-9H,1-7H2;7-8H,1-6H2;7-8H,1-6H2;1-5H;2-6H,7H2,1H3;1H/q5*-1;. The summed E-state index contributed by atoms with van der Waals surface area (Å²) in [6.07, 6.45) is -35.8. The first kappa shape index (κ1) is 125. The molecule has 20 nitrogen and oxygen atoms in total. The third-order valence-electron chi connectivity index (χ3n) is 26.0. The molecule has 6 unspecified atom stereocenters. The first-order valence-electron chi connectivity index (χ1n) is 40.4. The van der Waals surface area contributed by atoms with Gasteiger partial charge in [-0.05, 0) is 149 Å². The van der Waals surface area contributed by atoms with Crippen LogP contribution in [0.1, 0.15) is 116 Å². The van der Waals surface area contributed by atoms with Crippen LogP contribution >= 0.6 is 0 Å². The van der Waals surface area contributed by atoms with Gasteiger partial charge in [-0.15, -0.1) is 72.6 Å². The van der Waals surface area contributed by atoms with Crippen molar-refractivity contribution in [3.63, 3.8) is 0 Å². The van der Waals surface area contributed by atoms with Crippen molar-refractivity contribution in [1.82, 2.24) is 0 Å². The zero-order valence-electron chi connectivity index (χ0n) is 72.9. The third-order valence-corrected chi connectivity index (χ3v) is 49.1. The SMILES string of the molecule is CS(=O)(=O)C(=C1C=CC=C[CH-]1)S(=O)(=O)CF.F.O=S(=O)(C(=C1C(F)=C(F)C(F)=C(F)[C-]1F)S(=O)(=O)C(F)(F)C(F)(F)F)C12CC3CC(CC(F)(C3)C1)C2.O=S(=O)(C(=C1C(F)=C(F)C(F)=C(F)[C-]1F)S(=O)(=O)C12CC3CC(CC(F)(C3)C1)C2)C(F)(F)F.O=S(=O)(C(=C1C=CC=C[CH-]1)S(=O)(=O)C(F)(F)F)C(F)(F)F.O=S(=O)(CC(C(F)(F)F)(C(F)(F)F)C(F)(F)F)C(=C1C(F)=C(F)C(F)=C(F)[C-]1F)S(=O)(=O)C12CC3CC(CC(F)(C3)C1)C2. The molecule has 6 atom stereocenters. The fourth-order valence-corrected chi connectivity index (χ4v) is 43.4. The summed E-state index contributed by atoms with van der Waals surface area (Å²) in [6, 6.07) is -1.73. The Morgan fingerprint density at radius 3 is 0.780 bits per heavy atom. The maximum Gasteiger partial charge on any atom is 0.494 e. The van der Waals surface area contributed by atoms with Crippen molar-refractivity contribution in [2.45, 2.75) is 193 Å². The van der Waals surface area contributed by atoms with Crippen molar-refractivity contribution in [3.05, 3.63) is 199 Å². The van der Waals surface area contributed by atoms with E-state index >= 15 is 13.2 Å². The molecular formula is C77H60F43O20S10-5. The van der Waals surface area contributed by atoms with Gasteiger partial charge < -0.3 is 0 Å². The Balaban J connectivity index is 0.000000215. The summed E-state index contributed by atoms with van der Waals surface area (Å²) >= 11 is 0. The van der Waals surface area contributed by atoms with E-state index in [4.69, 9.17) is 0 Å². The van der Waals surface area contributed by atoms with Crippen molar-refractivity contribution in [3.8, 4) is 0 Å². The van der Waals surface area contributed by atoms with Crippen LogP contribution in [0.2, 0.25) is 0 Å². The number of alkyl halides is 27. The Labute approximate surface area is 818 Å². The number of hydrogen-bond acceptors (Lipinski definition) is 20. The van der Waals surface area contributed by atoms with Crippen LogP contribution in [-0.2, 0) is 98.4 Å². The zero-order chi connectivity index (χ0) is 115. The molecule has 0 N–H and O–H groups in total. The lowest BCUT2D eigenvalue weighted by Crippen LogP contribution is -2.64. The van der Waals surface area contributed by atoms with E-state index in [1.165, 1.54) is 24.6 Å². The van der Waals surface area contributed by atoms with E-state index in [0.29, 0.717) is 18.9 Å². The van der Waals surface area contributed by atoms with Gasteiger partial charge in [-0.3, -0.25) is 44.2 Å². The Bertz CT molecular complexity index is 7200. The van der Waals surface area contributed by atoms with E-state index < -0.39 is 418 Å². The fourth-order valence-electron chi connectivity index (χ4n) is 21.3. The van der Waals surface area contributed by atoms with Gasteiger partial charge in [0.15, 0.2) is 65.0 Å². The number of allylic oxidation sites excluding steroid dienone is 25. The highest BCUT2D eigenvalue weighted by Gasteiger charge is 2.85. The lowest BCUT2D eigenvalue weighted by molar-refractivity contribution is -0.418. The number of sulfone groups is 10. The Hall–Kier alpha value is -8.06. The van der Waals surface area contributed by atoms with Crippen molar-refractivity contribution >= 4 is 98.4 Å². The molecule has 0 aromatic heterocycles. The van der Waals surface area contributed by atoms with E-state index in [2.05, 4.69) is 0 Å². The second-order valence-electron chi connectivity index (χ2n) is 36.4. The largest absolute Gasteiger partial charge is 0.494 e. The molecule has 0 heterocycles. The third kappa shape index (κ3) is 21.1. The first-order valence-corrected chi connectivity index (χ1v) is 56.0. The average Bonchev–Trinajstić information content (AvgIpc) is 0.659. The van der Waals surface area contributed by atoms with Crippen molar-refractivity contribution in [2.75, 3.05) is 18.0 Å². The summed E-state index contributed by atoms with van der Waals surface area (Å²) in [6.45, 7) is 0. The average molecular weight is 2440 g/mol. The maximum atomic E-state index is 15.5. The number of hydrogen-bond donors (Lipinski definition) is 0. The van der Waals surface area contributed by atoms with Gasteiger partial charge in [-0.25, -0.2) is 128 Å².